The predicted molar refractivity (Wildman–Crippen MR) is 95.7 cm³/mol. The summed E-state index contributed by atoms with van der Waals surface area (Å²) in [7, 11) is 0. The molecule has 0 bridgehead atoms. The first-order chi connectivity index (χ1) is 12.6. The lowest BCUT2D eigenvalue weighted by molar-refractivity contribution is -0.274. The van der Waals surface area contributed by atoms with E-state index in [-0.39, 0.29) is 24.1 Å². The Kier molecular flexibility index (Phi) is 6.27. The number of benzene rings is 2. The van der Waals surface area contributed by atoms with Gasteiger partial charge in [0.05, 0.1) is 6.54 Å². The number of hydrogen-bond acceptors (Lipinski definition) is 4. The summed E-state index contributed by atoms with van der Waals surface area (Å²) in [5.41, 5.74) is 2.47. The van der Waals surface area contributed by atoms with E-state index in [9.17, 15) is 22.8 Å². The van der Waals surface area contributed by atoms with Crippen LogP contribution in [0.2, 0.25) is 0 Å². The van der Waals surface area contributed by atoms with E-state index in [1.54, 1.807) is 18.2 Å². The first kappa shape index (κ1) is 20.1. The van der Waals surface area contributed by atoms with Crippen molar-refractivity contribution in [2.45, 2.75) is 20.2 Å². The Morgan fingerprint density at radius 1 is 1.00 bits per heavy atom. The van der Waals surface area contributed by atoms with Crippen molar-refractivity contribution < 1.29 is 27.5 Å². The van der Waals surface area contributed by atoms with Crippen molar-refractivity contribution in [3.8, 4) is 5.75 Å². The summed E-state index contributed by atoms with van der Waals surface area (Å²) in [6.07, 6.45) is -4.77. The van der Waals surface area contributed by atoms with Crippen molar-refractivity contribution >= 4 is 28.9 Å². The van der Waals surface area contributed by atoms with E-state index in [1.807, 2.05) is 6.92 Å². The van der Waals surface area contributed by atoms with Crippen LogP contribution in [-0.2, 0) is 9.59 Å². The maximum absolute atomic E-state index is 12.1. The molecule has 3 N–H and O–H groups in total. The van der Waals surface area contributed by atoms with Crippen molar-refractivity contribution in [3.05, 3.63) is 48.0 Å². The third-order valence-electron chi connectivity index (χ3n) is 3.37. The number of aryl methyl sites for hydroxylation is 1. The van der Waals surface area contributed by atoms with Gasteiger partial charge in [0.15, 0.2) is 0 Å². The minimum absolute atomic E-state index is 0.0661. The summed E-state index contributed by atoms with van der Waals surface area (Å²) in [6, 6.07) is 10.1. The number of hydrogen-bond donors (Lipinski definition) is 3. The molecular formula is C18H18F3N3O3. The zero-order valence-corrected chi connectivity index (χ0v) is 14.6. The monoisotopic (exact) mass is 381 g/mol. The molecule has 2 aromatic rings. The van der Waals surface area contributed by atoms with E-state index in [0.29, 0.717) is 17.1 Å². The molecule has 2 amide bonds. The Labute approximate surface area is 153 Å². The highest BCUT2D eigenvalue weighted by molar-refractivity contribution is 5.94. The molecule has 2 aromatic carbocycles. The lowest BCUT2D eigenvalue weighted by Crippen LogP contribution is -2.22. The number of carbonyl (C=O) groups is 2. The molecule has 0 saturated carbocycles. The van der Waals surface area contributed by atoms with Gasteiger partial charge in [-0.2, -0.15) is 0 Å². The highest BCUT2D eigenvalue weighted by atomic mass is 19.4. The van der Waals surface area contributed by atoms with Crippen LogP contribution in [-0.4, -0.2) is 24.7 Å². The second kappa shape index (κ2) is 8.43. The summed E-state index contributed by atoms with van der Waals surface area (Å²) in [5, 5.41) is 8.15. The number of nitrogens with one attached hydrogen (secondary N) is 3. The van der Waals surface area contributed by atoms with E-state index in [4.69, 9.17) is 0 Å². The highest BCUT2D eigenvalue weighted by Gasteiger charge is 2.30. The zero-order chi connectivity index (χ0) is 20.0. The smallest absolute Gasteiger partial charge is 0.406 e. The van der Waals surface area contributed by atoms with Gasteiger partial charge in [0.2, 0.25) is 11.8 Å². The van der Waals surface area contributed by atoms with E-state index in [0.717, 1.165) is 17.7 Å². The lowest BCUT2D eigenvalue weighted by atomic mass is 10.1. The zero-order valence-electron chi connectivity index (χ0n) is 14.6. The van der Waals surface area contributed by atoms with Crippen LogP contribution in [0.3, 0.4) is 0 Å². The SMILES string of the molecule is CC(=O)Nc1cc(NCC(=O)Nc2ccc(OC(F)(F)F)cc2)ccc1C. The maximum atomic E-state index is 12.1. The Morgan fingerprint density at radius 2 is 1.63 bits per heavy atom. The molecule has 0 aliphatic heterocycles. The first-order valence-corrected chi connectivity index (χ1v) is 7.90. The third-order valence-corrected chi connectivity index (χ3v) is 3.37. The standard InChI is InChI=1S/C18H18F3N3O3/c1-11-3-4-14(9-16(11)23-12(2)25)22-10-17(26)24-13-5-7-15(8-6-13)27-18(19,20)21/h3-9,22H,10H2,1-2H3,(H,23,25)(H,24,26). The van der Waals surface area contributed by atoms with Crippen LogP contribution in [0.1, 0.15) is 12.5 Å². The molecule has 0 spiro atoms. The Hall–Kier alpha value is -3.23. The maximum Gasteiger partial charge on any atom is 0.573 e. The molecule has 0 saturated heterocycles. The van der Waals surface area contributed by atoms with Gasteiger partial charge in [-0.3, -0.25) is 9.59 Å². The number of rotatable bonds is 6. The molecule has 27 heavy (non-hydrogen) atoms. The second-order valence-corrected chi connectivity index (χ2v) is 5.68. The van der Waals surface area contributed by atoms with E-state index in [1.165, 1.54) is 19.1 Å². The number of ether oxygens (including phenoxy) is 1. The molecule has 0 aliphatic carbocycles. The van der Waals surface area contributed by atoms with Gasteiger partial charge in [-0.05, 0) is 48.9 Å². The number of anilines is 3. The van der Waals surface area contributed by atoms with Crippen molar-refractivity contribution in [1.29, 1.82) is 0 Å². The first-order valence-electron chi connectivity index (χ1n) is 7.90. The minimum Gasteiger partial charge on any atom is -0.406 e. The van der Waals surface area contributed by atoms with Crippen molar-refractivity contribution in [3.63, 3.8) is 0 Å². The molecule has 0 heterocycles. The van der Waals surface area contributed by atoms with Gasteiger partial charge >= 0.3 is 6.36 Å². The number of amides is 2. The van der Waals surface area contributed by atoms with E-state index < -0.39 is 6.36 Å². The number of alkyl halides is 3. The molecule has 2 rings (SSSR count). The summed E-state index contributed by atoms with van der Waals surface area (Å²) < 4.78 is 40.1. The topological polar surface area (TPSA) is 79.5 Å². The molecule has 0 aliphatic rings. The Morgan fingerprint density at radius 3 is 2.22 bits per heavy atom. The molecule has 9 heteroatoms. The van der Waals surface area contributed by atoms with Crippen LogP contribution in [0, 0.1) is 6.92 Å². The van der Waals surface area contributed by atoms with Gasteiger partial charge < -0.3 is 20.7 Å². The predicted octanol–water partition coefficient (Wildman–Crippen LogP) is 3.90. The average molecular weight is 381 g/mol. The van der Waals surface area contributed by atoms with E-state index in [2.05, 4.69) is 20.7 Å². The fraction of sp³-hybridized carbons (Fsp3) is 0.222. The normalized spacial score (nSPS) is 10.9. The van der Waals surface area contributed by atoms with Gasteiger partial charge in [-0.1, -0.05) is 6.07 Å². The highest BCUT2D eigenvalue weighted by Crippen LogP contribution is 2.24. The van der Waals surface area contributed by atoms with Crippen molar-refractivity contribution in [2.75, 3.05) is 22.5 Å². The van der Waals surface area contributed by atoms with Gasteiger partial charge in [0.1, 0.15) is 5.75 Å². The van der Waals surface area contributed by atoms with Gasteiger partial charge in [0, 0.05) is 24.0 Å². The van der Waals surface area contributed by atoms with Crippen LogP contribution < -0.4 is 20.7 Å². The fourth-order valence-electron chi connectivity index (χ4n) is 2.18. The Balaban J connectivity index is 1.90. The third kappa shape index (κ3) is 6.89. The molecule has 0 atom stereocenters. The Bertz CT molecular complexity index is 821. The van der Waals surface area contributed by atoms with Crippen LogP contribution >= 0.6 is 0 Å². The molecule has 0 unspecified atom stereocenters. The molecule has 0 aromatic heterocycles. The van der Waals surface area contributed by atoms with Crippen LogP contribution in [0.4, 0.5) is 30.2 Å². The quantitative estimate of drug-likeness (QED) is 0.709. The molecule has 6 nitrogen and oxygen atoms in total. The average Bonchev–Trinajstić information content (AvgIpc) is 2.55. The summed E-state index contributed by atoms with van der Waals surface area (Å²) in [4.78, 5) is 23.2. The molecular weight excluding hydrogens is 363 g/mol. The second-order valence-electron chi connectivity index (χ2n) is 5.68. The van der Waals surface area contributed by atoms with Gasteiger partial charge in [0.25, 0.3) is 0 Å². The van der Waals surface area contributed by atoms with Crippen molar-refractivity contribution in [2.24, 2.45) is 0 Å². The molecule has 0 radical (unpaired) electrons. The van der Waals surface area contributed by atoms with E-state index >= 15 is 0 Å². The summed E-state index contributed by atoms with van der Waals surface area (Å²) in [5.74, 6) is -0.962. The number of carbonyl (C=O) groups excluding carboxylic acids is 2. The van der Waals surface area contributed by atoms with Crippen LogP contribution in [0.5, 0.6) is 5.75 Å². The van der Waals surface area contributed by atoms with Crippen LogP contribution in [0.25, 0.3) is 0 Å². The summed E-state index contributed by atoms with van der Waals surface area (Å²) in [6.45, 7) is 3.18. The van der Waals surface area contributed by atoms with Gasteiger partial charge in [-0.25, -0.2) is 0 Å². The van der Waals surface area contributed by atoms with Crippen LogP contribution in [0.15, 0.2) is 42.5 Å². The fourth-order valence-corrected chi connectivity index (χ4v) is 2.18. The largest absolute Gasteiger partial charge is 0.573 e. The lowest BCUT2D eigenvalue weighted by Gasteiger charge is -2.12. The number of halogens is 3. The minimum atomic E-state index is -4.77. The summed E-state index contributed by atoms with van der Waals surface area (Å²) >= 11 is 0. The van der Waals surface area contributed by atoms with Gasteiger partial charge in [-0.15, -0.1) is 13.2 Å². The molecule has 0 fully saturated rings. The van der Waals surface area contributed by atoms with Crippen molar-refractivity contribution in [1.82, 2.24) is 0 Å². The molecule has 144 valence electrons.